The number of benzene rings is 1. The third-order valence-corrected chi connectivity index (χ3v) is 9.30. The molecule has 1 heterocycles. The molecule has 240 valence electrons. The molecule has 0 saturated carbocycles. The zero-order chi connectivity index (χ0) is 29.8. The Morgan fingerprint density at radius 1 is 0.476 bits per heavy atom. The van der Waals surface area contributed by atoms with Gasteiger partial charge in [0.2, 0.25) is 0 Å². The summed E-state index contributed by atoms with van der Waals surface area (Å²) in [6.45, 7) is 6.96. The van der Waals surface area contributed by atoms with Gasteiger partial charge < -0.3 is 0 Å². The predicted octanol–water partition coefficient (Wildman–Crippen LogP) is 12.5. The summed E-state index contributed by atoms with van der Waals surface area (Å²) in [5.74, 6) is 1.50. The minimum absolute atomic E-state index is 1.05. The molecule has 0 amide bonds. The second-order valence-corrected chi connectivity index (χ2v) is 13.2. The monoisotopic (exact) mass is 580 g/mol. The zero-order valence-electron chi connectivity index (χ0n) is 28.4. The predicted molar refractivity (Wildman–Crippen MR) is 185 cm³/mol. The van der Waals surface area contributed by atoms with E-state index in [1.165, 1.54) is 191 Å². The van der Waals surface area contributed by atoms with Gasteiger partial charge in [-0.1, -0.05) is 185 Å². The normalized spacial score (nSPS) is 11.5. The van der Waals surface area contributed by atoms with E-state index in [4.69, 9.17) is 0 Å². The van der Waals surface area contributed by atoms with E-state index >= 15 is 0 Å². The number of imidazole rings is 1. The van der Waals surface area contributed by atoms with Crippen molar-refractivity contribution in [2.24, 2.45) is 0 Å². The molecule has 0 fully saturated rings. The third kappa shape index (κ3) is 18.9. The van der Waals surface area contributed by atoms with Gasteiger partial charge >= 0.3 is 0 Å². The highest BCUT2D eigenvalue weighted by Gasteiger charge is 2.17. The number of unbranched alkanes of at least 4 members (excludes halogenated alkanes) is 24. The molecular weight excluding hydrogens is 508 g/mol. The molecule has 0 aliphatic carbocycles. The SMILES string of the molecule is CCCCCCCCCCCCCCCn1cc[n+](CCCCCCCCCCCCCCC)c1Cc1ccccc1. The lowest BCUT2D eigenvalue weighted by atomic mass is 10.0. The highest BCUT2D eigenvalue weighted by atomic mass is 15.1. The maximum Gasteiger partial charge on any atom is 0.260 e. The van der Waals surface area contributed by atoms with Crippen molar-refractivity contribution in [1.82, 2.24) is 4.57 Å². The molecule has 0 N–H and O–H groups in total. The van der Waals surface area contributed by atoms with Gasteiger partial charge in [-0.15, -0.1) is 0 Å². The molecule has 2 rings (SSSR count). The standard InChI is InChI=1S/C40H71N2/c1-3-5-7-9-11-13-15-17-19-21-23-25-30-34-41-36-37-42(40(41)38-39-32-28-27-29-33-39)35-31-26-24-22-20-18-16-14-12-10-8-6-4-2/h27-29,32-33,36-37H,3-26,30-31,34-35,38H2,1-2H3/q+1. The van der Waals surface area contributed by atoms with Crippen molar-refractivity contribution in [3.05, 3.63) is 54.1 Å². The number of rotatable bonds is 30. The molecule has 0 spiro atoms. The summed E-state index contributed by atoms with van der Waals surface area (Å²) in [5, 5.41) is 0. The summed E-state index contributed by atoms with van der Waals surface area (Å²) >= 11 is 0. The Balaban J connectivity index is 1.60. The summed E-state index contributed by atoms with van der Waals surface area (Å²) < 4.78 is 5.13. The average molecular weight is 580 g/mol. The van der Waals surface area contributed by atoms with E-state index in [0.717, 1.165) is 6.42 Å². The van der Waals surface area contributed by atoms with Gasteiger partial charge in [0.05, 0.1) is 19.5 Å². The van der Waals surface area contributed by atoms with Gasteiger partial charge in [0, 0.05) is 0 Å². The van der Waals surface area contributed by atoms with Gasteiger partial charge in [-0.25, -0.2) is 9.13 Å². The fourth-order valence-corrected chi connectivity index (χ4v) is 6.49. The first-order valence-electron chi connectivity index (χ1n) is 19.0. The summed E-state index contributed by atoms with van der Waals surface area (Å²) in [7, 11) is 0. The second kappa shape index (κ2) is 27.0. The minimum atomic E-state index is 1.05. The lowest BCUT2D eigenvalue weighted by Gasteiger charge is -2.07. The van der Waals surface area contributed by atoms with Gasteiger partial charge in [-0.3, -0.25) is 0 Å². The summed E-state index contributed by atoms with van der Waals surface area (Å²) in [5.41, 5.74) is 1.43. The topological polar surface area (TPSA) is 8.81 Å². The van der Waals surface area contributed by atoms with E-state index in [1.54, 1.807) is 0 Å². The van der Waals surface area contributed by atoms with Gasteiger partial charge in [0.1, 0.15) is 12.4 Å². The number of aryl methyl sites for hydroxylation is 2. The van der Waals surface area contributed by atoms with E-state index in [-0.39, 0.29) is 0 Å². The van der Waals surface area contributed by atoms with Crippen molar-refractivity contribution >= 4 is 0 Å². The third-order valence-electron chi connectivity index (χ3n) is 9.30. The lowest BCUT2D eigenvalue weighted by molar-refractivity contribution is -0.703. The van der Waals surface area contributed by atoms with Crippen LogP contribution in [0.4, 0.5) is 0 Å². The van der Waals surface area contributed by atoms with Crippen LogP contribution in [0.2, 0.25) is 0 Å². The molecule has 0 bridgehead atoms. The van der Waals surface area contributed by atoms with Crippen molar-refractivity contribution in [3.8, 4) is 0 Å². The van der Waals surface area contributed by atoms with Gasteiger partial charge in [0.25, 0.3) is 5.82 Å². The molecule has 0 aliphatic heterocycles. The van der Waals surface area contributed by atoms with E-state index in [1.807, 2.05) is 0 Å². The lowest BCUT2D eigenvalue weighted by Crippen LogP contribution is -2.37. The van der Waals surface area contributed by atoms with Gasteiger partial charge in [-0.2, -0.15) is 0 Å². The Labute approximate surface area is 263 Å². The Morgan fingerprint density at radius 3 is 1.33 bits per heavy atom. The maximum atomic E-state index is 2.56. The van der Waals surface area contributed by atoms with Crippen LogP contribution < -0.4 is 4.57 Å². The molecule has 0 aliphatic rings. The van der Waals surface area contributed by atoms with Crippen LogP contribution in [0.15, 0.2) is 42.7 Å². The molecule has 2 aromatic rings. The second-order valence-electron chi connectivity index (χ2n) is 13.2. The fraction of sp³-hybridized carbons (Fsp3) is 0.775. The van der Waals surface area contributed by atoms with E-state index < -0.39 is 0 Å². The van der Waals surface area contributed by atoms with Crippen LogP contribution in [0.5, 0.6) is 0 Å². The first-order valence-corrected chi connectivity index (χ1v) is 19.0. The Bertz CT molecular complexity index is 776. The van der Waals surface area contributed by atoms with Crippen molar-refractivity contribution < 1.29 is 4.57 Å². The Morgan fingerprint density at radius 2 is 0.881 bits per heavy atom. The quantitative estimate of drug-likeness (QED) is 0.0643. The van der Waals surface area contributed by atoms with Gasteiger partial charge in [0.15, 0.2) is 0 Å². The molecule has 0 radical (unpaired) electrons. The van der Waals surface area contributed by atoms with Crippen molar-refractivity contribution in [2.45, 2.75) is 200 Å². The number of hydrogen-bond donors (Lipinski definition) is 0. The van der Waals surface area contributed by atoms with E-state index in [0.29, 0.717) is 0 Å². The number of nitrogens with zero attached hydrogens (tertiary/aromatic N) is 2. The van der Waals surface area contributed by atoms with Crippen LogP contribution in [0.25, 0.3) is 0 Å². The van der Waals surface area contributed by atoms with Crippen molar-refractivity contribution in [2.75, 3.05) is 0 Å². The van der Waals surface area contributed by atoms with Crippen LogP contribution >= 0.6 is 0 Å². The van der Waals surface area contributed by atoms with Gasteiger partial charge in [-0.05, 0) is 31.2 Å². The minimum Gasteiger partial charge on any atom is -0.234 e. The number of hydrogen-bond acceptors (Lipinski definition) is 0. The summed E-state index contributed by atoms with van der Waals surface area (Å²) in [4.78, 5) is 0. The fourth-order valence-electron chi connectivity index (χ4n) is 6.49. The number of aromatic nitrogens is 2. The molecule has 0 atom stereocenters. The zero-order valence-corrected chi connectivity index (χ0v) is 28.4. The molecular formula is C40H71N2+. The Hall–Kier alpha value is -1.57. The van der Waals surface area contributed by atoms with Crippen molar-refractivity contribution in [3.63, 3.8) is 0 Å². The molecule has 1 aromatic carbocycles. The highest BCUT2D eigenvalue weighted by molar-refractivity contribution is 5.18. The van der Waals surface area contributed by atoms with Crippen LogP contribution in [0.1, 0.15) is 192 Å². The molecule has 2 heteroatoms. The van der Waals surface area contributed by atoms with Crippen LogP contribution in [-0.2, 0) is 19.5 Å². The molecule has 42 heavy (non-hydrogen) atoms. The van der Waals surface area contributed by atoms with E-state index in [2.05, 4.69) is 65.7 Å². The van der Waals surface area contributed by atoms with Crippen LogP contribution in [0.3, 0.4) is 0 Å². The van der Waals surface area contributed by atoms with Crippen LogP contribution in [0, 0.1) is 0 Å². The largest absolute Gasteiger partial charge is 0.260 e. The molecule has 0 unspecified atom stereocenters. The van der Waals surface area contributed by atoms with Crippen molar-refractivity contribution in [1.29, 1.82) is 0 Å². The first-order chi connectivity index (χ1) is 20.8. The molecule has 2 nitrogen and oxygen atoms in total. The highest BCUT2D eigenvalue weighted by Crippen LogP contribution is 2.15. The Kier molecular flexibility index (Phi) is 23.6. The maximum absolute atomic E-state index is 2.56. The summed E-state index contributed by atoms with van der Waals surface area (Å²) in [6, 6.07) is 11.1. The smallest absolute Gasteiger partial charge is 0.234 e. The summed E-state index contributed by atoms with van der Waals surface area (Å²) in [6.07, 6.45) is 42.7. The first kappa shape index (κ1) is 36.6. The average Bonchev–Trinajstić information content (AvgIpc) is 3.39. The molecule has 0 saturated heterocycles. The van der Waals surface area contributed by atoms with Crippen LogP contribution in [-0.4, -0.2) is 4.57 Å². The van der Waals surface area contributed by atoms with E-state index in [9.17, 15) is 0 Å². The molecule has 1 aromatic heterocycles.